The Kier molecular flexibility index (Phi) is 8.28. The largest absolute Gasteiger partial charge is 0.443 e. The van der Waals surface area contributed by atoms with Gasteiger partial charge in [0, 0.05) is 38.7 Å². The van der Waals surface area contributed by atoms with Gasteiger partial charge in [0.15, 0.2) is 12.2 Å². The summed E-state index contributed by atoms with van der Waals surface area (Å²) in [5.41, 5.74) is 3.25. The van der Waals surface area contributed by atoms with Crippen LogP contribution in [0.3, 0.4) is 0 Å². The van der Waals surface area contributed by atoms with E-state index < -0.39 is 21.5 Å². The third-order valence-corrected chi connectivity index (χ3v) is 7.84. The van der Waals surface area contributed by atoms with Crippen LogP contribution in [0, 0.1) is 12.0 Å². The molecule has 1 aliphatic rings. The maximum absolute atomic E-state index is 11.7. The summed E-state index contributed by atoms with van der Waals surface area (Å²) in [5, 5.41) is 5.24. The van der Waals surface area contributed by atoms with Crippen LogP contribution >= 0.6 is 0 Å². The molecular weight excluding hydrogens is 530 g/mol. The van der Waals surface area contributed by atoms with Crippen molar-refractivity contribution in [3.63, 3.8) is 0 Å². The molecule has 2 aromatic heterocycles. The Balaban J connectivity index is 1.38. The molecular formula is C30H29N3O6S. The molecule has 2 aromatic carbocycles. The first-order chi connectivity index (χ1) is 19.4. The van der Waals surface area contributed by atoms with Gasteiger partial charge in [-0.1, -0.05) is 36.4 Å². The third kappa shape index (κ3) is 6.08. The number of benzene rings is 2. The van der Waals surface area contributed by atoms with Crippen LogP contribution in [0.4, 0.5) is 0 Å². The monoisotopic (exact) mass is 559 g/mol. The Morgan fingerprint density at radius 1 is 1.02 bits per heavy atom. The highest BCUT2D eigenvalue weighted by molar-refractivity contribution is 7.89. The number of aromatic nitrogens is 2. The number of nitrogens with two attached hydrogens (primary N) is 1. The van der Waals surface area contributed by atoms with Gasteiger partial charge in [-0.05, 0) is 47.9 Å². The van der Waals surface area contributed by atoms with E-state index in [0.717, 1.165) is 29.8 Å². The number of pyridine rings is 1. The molecule has 1 unspecified atom stereocenters. The van der Waals surface area contributed by atoms with Crippen molar-refractivity contribution in [3.8, 4) is 23.4 Å². The van der Waals surface area contributed by atoms with Gasteiger partial charge in [0.2, 0.25) is 10.0 Å². The summed E-state index contributed by atoms with van der Waals surface area (Å²) in [6, 6.07) is 21.6. The Morgan fingerprint density at radius 2 is 1.77 bits per heavy atom. The maximum atomic E-state index is 11.7. The topological polar surface area (TPSA) is 127 Å². The molecule has 1 saturated heterocycles. The summed E-state index contributed by atoms with van der Waals surface area (Å²) in [6.45, 7) is 1.45. The third-order valence-electron chi connectivity index (χ3n) is 6.91. The second-order valence-corrected chi connectivity index (χ2v) is 10.9. The van der Waals surface area contributed by atoms with Crippen LogP contribution in [0.2, 0.25) is 0 Å². The van der Waals surface area contributed by atoms with Gasteiger partial charge in [0.25, 0.3) is 0 Å². The molecule has 0 radical (unpaired) electrons. The number of primary sulfonamides is 1. The molecule has 4 aromatic rings. The quantitative estimate of drug-likeness (QED) is 0.316. The van der Waals surface area contributed by atoms with Crippen LogP contribution in [0.15, 0.2) is 88.5 Å². The zero-order valence-corrected chi connectivity index (χ0v) is 22.8. The molecule has 2 N–H and O–H groups in total. The highest BCUT2D eigenvalue weighted by Gasteiger charge is 2.36. The first kappa shape index (κ1) is 27.6. The predicted octanol–water partition coefficient (Wildman–Crippen LogP) is 4.35. The van der Waals surface area contributed by atoms with Crippen molar-refractivity contribution in [2.75, 3.05) is 20.3 Å². The van der Waals surface area contributed by atoms with Crippen molar-refractivity contribution in [3.05, 3.63) is 102 Å². The zero-order valence-electron chi connectivity index (χ0n) is 21.9. The average molecular weight is 560 g/mol. The summed E-state index contributed by atoms with van der Waals surface area (Å²) in [4.78, 5) is 9.25. The minimum Gasteiger partial charge on any atom is -0.443 e. The van der Waals surface area contributed by atoms with Crippen molar-refractivity contribution >= 4 is 10.0 Å². The lowest BCUT2D eigenvalue weighted by atomic mass is 9.90. The van der Waals surface area contributed by atoms with Gasteiger partial charge in [-0.25, -0.2) is 18.5 Å². The van der Waals surface area contributed by atoms with E-state index in [4.69, 9.17) is 28.8 Å². The van der Waals surface area contributed by atoms with Crippen molar-refractivity contribution in [1.29, 1.82) is 0 Å². The van der Waals surface area contributed by atoms with Crippen molar-refractivity contribution in [2.45, 2.75) is 35.9 Å². The smallest absolute Gasteiger partial charge is 0.238 e. The lowest BCUT2D eigenvalue weighted by molar-refractivity contribution is -0.0974. The van der Waals surface area contributed by atoms with Gasteiger partial charge < -0.3 is 18.6 Å². The fraction of sp³-hybridized carbons (Fsp3) is 0.267. The van der Waals surface area contributed by atoms with E-state index in [2.05, 4.69) is 17.0 Å². The standard InChI is InChI=1S/C30H29N3O6S/c1-36-30(15-18-37-19-16-30)27-9-5-8-24(33-27)20-38-17-14-26(22-6-3-2-4-7-22)28-29(39-21-32-28)23-10-12-25(13-11-23)40(31,34)35/h2-13,21,26H,15-16,18-20H2,1H3,(H2,31,34,35). The average Bonchev–Trinajstić information content (AvgIpc) is 3.47. The summed E-state index contributed by atoms with van der Waals surface area (Å²) in [6.07, 6.45) is 5.65. The molecule has 40 heavy (non-hydrogen) atoms. The summed E-state index contributed by atoms with van der Waals surface area (Å²) >= 11 is 0. The number of oxazole rings is 1. The molecule has 0 saturated carbocycles. The highest BCUT2D eigenvalue weighted by Crippen LogP contribution is 2.35. The maximum Gasteiger partial charge on any atom is 0.238 e. The van der Waals surface area contributed by atoms with Crippen LogP contribution in [0.25, 0.3) is 11.3 Å². The number of methoxy groups -OCH3 is 1. The molecule has 0 spiro atoms. The van der Waals surface area contributed by atoms with Gasteiger partial charge in [0.05, 0.1) is 22.2 Å². The van der Waals surface area contributed by atoms with Crippen LogP contribution < -0.4 is 5.14 Å². The molecule has 0 bridgehead atoms. The molecule has 9 nitrogen and oxygen atoms in total. The fourth-order valence-electron chi connectivity index (χ4n) is 4.72. The van der Waals surface area contributed by atoms with Crippen molar-refractivity contribution in [2.24, 2.45) is 5.14 Å². The molecule has 206 valence electrons. The number of hydrogen-bond acceptors (Lipinski definition) is 8. The van der Waals surface area contributed by atoms with Crippen LogP contribution in [0.1, 0.15) is 41.4 Å². The normalized spacial score (nSPS) is 15.6. The Labute approximate surface area is 233 Å². The predicted molar refractivity (Wildman–Crippen MR) is 147 cm³/mol. The van der Waals surface area contributed by atoms with Crippen molar-refractivity contribution < 1.29 is 27.0 Å². The minimum absolute atomic E-state index is 0.0102. The summed E-state index contributed by atoms with van der Waals surface area (Å²) in [7, 11) is -2.11. The first-order valence-corrected chi connectivity index (χ1v) is 14.3. The van der Waals surface area contributed by atoms with Crippen LogP contribution in [-0.2, 0) is 36.4 Å². The molecule has 5 rings (SSSR count). The lowest BCUT2D eigenvalue weighted by Crippen LogP contribution is -2.36. The second-order valence-electron chi connectivity index (χ2n) is 9.34. The summed E-state index contributed by atoms with van der Waals surface area (Å²) < 4.78 is 46.2. The van der Waals surface area contributed by atoms with E-state index in [9.17, 15) is 8.42 Å². The van der Waals surface area contributed by atoms with E-state index in [1.165, 1.54) is 18.5 Å². The van der Waals surface area contributed by atoms with Gasteiger partial charge in [-0.2, -0.15) is 0 Å². The van der Waals surface area contributed by atoms with Gasteiger partial charge in [-0.15, -0.1) is 0 Å². The lowest BCUT2D eigenvalue weighted by Gasteiger charge is -2.35. The van der Waals surface area contributed by atoms with Gasteiger partial charge >= 0.3 is 0 Å². The molecule has 0 aliphatic carbocycles. The van der Waals surface area contributed by atoms with E-state index >= 15 is 0 Å². The Hall–Kier alpha value is -4.01. The van der Waals surface area contributed by atoms with Gasteiger partial charge in [0.1, 0.15) is 24.0 Å². The molecule has 10 heteroatoms. The Bertz CT molecular complexity index is 1600. The molecule has 1 fully saturated rings. The molecule has 0 amide bonds. The Morgan fingerprint density at radius 3 is 2.48 bits per heavy atom. The molecule has 1 atom stereocenters. The van der Waals surface area contributed by atoms with Crippen LogP contribution in [-0.4, -0.2) is 38.7 Å². The van der Waals surface area contributed by atoms with E-state index in [1.807, 2.05) is 48.5 Å². The number of sulfonamides is 1. The van der Waals surface area contributed by atoms with E-state index in [-0.39, 0.29) is 11.5 Å². The van der Waals surface area contributed by atoms with Crippen LogP contribution in [0.5, 0.6) is 0 Å². The second kappa shape index (κ2) is 12.0. The fourth-order valence-corrected chi connectivity index (χ4v) is 5.23. The number of ether oxygens (including phenoxy) is 3. The van der Waals surface area contributed by atoms with E-state index in [1.54, 1.807) is 19.2 Å². The van der Waals surface area contributed by atoms with Gasteiger partial charge in [-0.3, -0.25) is 4.98 Å². The minimum atomic E-state index is -3.81. The SMILES string of the molecule is COC1(c2cccc(COC#CC(c3ccccc3)c3ncoc3-c3ccc(S(N)(=O)=O)cc3)n2)CCOCC1. The summed E-state index contributed by atoms with van der Waals surface area (Å²) in [5.74, 6) is 3.18. The van der Waals surface area contributed by atoms with Crippen molar-refractivity contribution in [1.82, 2.24) is 9.97 Å². The highest BCUT2D eigenvalue weighted by atomic mass is 32.2. The zero-order chi connectivity index (χ0) is 28.0. The number of nitrogens with zero attached hydrogens (tertiary/aromatic N) is 2. The number of rotatable bonds is 8. The van der Waals surface area contributed by atoms with E-state index in [0.29, 0.717) is 30.2 Å². The first-order valence-electron chi connectivity index (χ1n) is 12.7. The molecule has 1 aliphatic heterocycles. The number of hydrogen-bond donors (Lipinski definition) is 1. The molecule has 3 heterocycles.